The molecule has 0 fully saturated rings. The molecule has 0 atom stereocenters. The molecule has 2 aromatic rings. The third-order valence-corrected chi connectivity index (χ3v) is 3.51. The Labute approximate surface area is 141 Å². The first-order valence-electron chi connectivity index (χ1n) is 8.27. The summed E-state index contributed by atoms with van der Waals surface area (Å²) >= 11 is 5.91. The molecule has 3 heteroatoms. The van der Waals surface area contributed by atoms with Gasteiger partial charge in [-0.3, -0.25) is 0 Å². The minimum Gasteiger partial charge on any atom is -0.327 e. The van der Waals surface area contributed by atoms with Crippen LogP contribution in [0.1, 0.15) is 70.2 Å². The Bertz CT molecular complexity index is 539. The molecule has 22 heavy (non-hydrogen) atoms. The van der Waals surface area contributed by atoms with Gasteiger partial charge in [-0.2, -0.15) is 0 Å². The molecule has 2 nitrogen and oxygen atoms in total. The van der Waals surface area contributed by atoms with E-state index < -0.39 is 0 Å². The maximum absolute atomic E-state index is 5.91. The summed E-state index contributed by atoms with van der Waals surface area (Å²) < 4.78 is 2.29. The quantitative estimate of drug-likeness (QED) is 0.641. The third-order valence-electron chi connectivity index (χ3n) is 3.26. The first kappa shape index (κ1) is 20.7. The topological polar surface area (TPSA) is 17.8 Å². The predicted molar refractivity (Wildman–Crippen MR) is 99.0 cm³/mol. The monoisotopic (exact) mass is 322 g/mol. The Hall–Kier alpha value is -1.28. The van der Waals surface area contributed by atoms with Crippen LogP contribution in [0.25, 0.3) is 0 Å². The van der Waals surface area contributed by atoms with Crippen molar-refractivity contribution in [3.63, 3.8) is 0 Å². The molecule has 0 unspecified atom stereocenters. The molecule has 0 saturated carbocycles. The molecular weight excluding hydrogens is 292 g/mol. The van der Waals surface area contributed by atoms with Crippen molar-refractivity contribution < 1.29 is 0 Å². The van der Waals surface area contributed by atoms with Crippen LogP contribution in [0.2, 0.25) is 5.02 Å². The van der Waals surface area contributed by atoms with Crippen LogP contribution in [0.4, 0.5) is 0 Å². The summed E-state index contributed by atoms with van der Waals surface area (Å²) in [7, 11) is 0. The maximum atomic E-state index is 5.91. The van der Waals surface area contributed by atoms with E-state index in [4.69, 9.17) is 11.6 Å². The normalized spacial score (nSPS) is 9.73. The number of rotatable bonds is 3. The zero-order valence-electron chi connectivity index (χ0n) is 15.4. The summed E-state index contributed by atoms with van der Waals surface area (Å²) in [5.74, 6) is 1.59. The lowest BCUT2D eigenvalue weighted by Gasteiger charge is -2.12. The second-order valence-electron chi connectivity index (χ2n) is 5.01. The largest absolute Gasteiger partial charge is 0.327 e. The highest BCUT2D eigenvalue weighted by molar-refractivity contribution is 6.30. The van der Waals surface area contributed by atoms with Gasteiger partial charge < -0.3 is 4.57 Å². The van der Waals surface area contributed by atoms with E-state index in [1.165, 1.54) is 11.3 Å². The Morgan fingerprint density at radius 3 is 1.95 bits per heavy atom. The van der Waals surface area contributed by atoms with Crippen molar-refractivity contribution in [2.24, 2.45) is 0 Å². The third kappa shape index (κ3) is 5.49. The standard InChI is InChI=1S/C15H19ClN2.2C2H6/c1-10(2)15-17-11(3)12(4)18(15)9-13-5-7-14(16)8-6-13;2*1-2/h5-8,10H,9H2,1-4H3;2*1-2H3. The maximum Gasteiger partial charge on any atom is 0.112 e. The predicted octanol–water partition coefficient (Wildman–Crippen LogP) is 6.38. The summed E-state index contributed by atoms with van der Waals surface area (Å²) in [4.78, 5) is 4.66. The molecule has 0 saturated heterocycles. The van der Waals surface area contributed by atoms with Gasteiger partial charge in [0.05, 0.1) is 5.69 Å². The number of aromatic nitrogens is 2. The van der Waals surface area contributed by atoms with Crippen molar-refractivity contribution in [3.8, 4) is 0 Å². The Balaban J connectivity index is 0.00000102. The van der Waals surface area contributed by atoms with Gasteiger partial charge in [-0.25, -0.2) is 4.98 Å². The Morgan fingerprint density at radius 1 is 1.00 bits per heavy atom. The van der Waals surface area contributed by atoms with Crippen molar-refractivity contribution in [1.82, 2.24) is 9.55 Å². The van der Waals surface area contributed by atoms with Crippen LogP contribution in [0.3, 0.4) is 0 Å². The van der Waals surface area contributed by atoms with Gasteiger partial charge in [0, 0.05) is 23.2 Å². The highest BCUT2D eigenvalue weighted by Crippen LogP contribution is 2.20. The minimum atomic E-state index is 0.435. The molecule has 0 amide bonds. The molecule has 1 aromatic heterocycles. The summed E-state index contributed by atoms with van der Waals surface area (Å²) in [6.45, 7) is 17.4. The lowest BCUT2D eigenvalue weighted by Crippen LogP contribution is -2.08. The van der Waals surface area contributed by atoms with Crippen LogP contribution in [0.15, 0.2) is 24.3 Å². The van der Waals surface area contributed by atoms with E-state index in [9.17, 15) is 0 Å². The van der Waals surface area contributed by atoms with Crippen LogP contribution >= 0.6 is 11.6 Å². The van der Waals surface area contributed by atoms with Gasteiger partial charge in [0.25, 0.3) is 0 Å². The van der Waals surface area contributed by atoms with Gasteiger partial charge in [0.2, 0.25) is 0 Å². The highest BCUT2D eigenvalue weighted by Gasteiger charge is 2.13. The summed E-state index contributed by atoms with van der Waals surface area (Å²) in [5, 5.41) is 0.779. The molecule has 0 aliphatic rings. The van der Waals surface area contributed by atoms with Gasteiger partial charge in [0.15, 0.2) is 0 Å². The van der Waals surface area contributed by atoms with Gasteiger partial charge in [-0.05, 0) is 31.5 Å². The van der Waals surface area contributed by atoms with Gasteiger partial charge >= 0.3 is 0 Å². The molecule has 1 heterocycles. The van der Waals surface area contributed by atoms with Crippen molar-refractivity contribution in [2.75, 3.05) is 0 Å². The van der Waals surface area contributed by atoms with Crippen LogP contribution in [0, 0.1) is 13.8 Å². The first-order valence-corrected chi connectivity index (χ1v) is 8.65. The number of hydrogen-bond acceptors (Lipinski definition) is 1. The lowest BCUT2D eigenvalue weighted by atomic mass is 10.2. The number of imidazole rings is 1. The molecule has 0 bridgehead atoms. The molecule has 0 aliphatic carbocycles. The van der Waals surface area contributed by atoms with E-state index in [0.717, 1.165) is 23.1 Å². The number of aryl methyl sites for hydroxylation is 1. The zero-order valence-corrected chi connectivity index (χ0v) is 16.1. The average molecular weight is 323 g/mol. The number of benzene rings is 1. The average Bonchev–Trinajstić information content (AvgIpc) is 2.82. The van der Waals surface area contributed by atoms with Crippen LogP contribution in [-0.4, -0.2) is 9.55 Å². The van der Waals surface area contributed by atoms with E-state index in [-0.39, 0.29) is 0 Å². The molecule has 2 rings (SSSR count). The van der Waals surface area contributed by atoms with Crippen molar-refractivity contribution in [3.05, 3.63) is 52.1 Å². The van der Waals surface area contributed by atoms with Gasteiger partial charge in [-0.1, -0.05) is 65.3 Å². The summed E-state index contributed by atoms with van der Waals surface area (Å²) in [6.07, 6.45) is 0. The first-order chi connectivity index (χ1) is 10.5. The number of halogens is 1. The van der Waals surface area contributed by atoms with E-state index in [2.05, 4.69) is 49.4 Å². The molecule has 124 valence electrons. The van der Waals surface area contributed by atoms with E-state index >= 15 is 0 Å². The summed E-state index contributed by atoms with van der Waals surface area (Å²) in [5.41, 5.74) is 3.61. The highest BCUT2D eigenvalue weighted by atomic mass is 35.5. The van der Waals surface area contributed by atoms with Crippen LogP contribution in [0.5, 0.6) is 0 Å². The molecule has 0 radical (unpaired) electrons. The van der Waals surface area contributed by atoms with Crippen LogP contribution in [-0.2, 0) is 6.54 Å². The van der Waals surface area contributed by atoms with E-state index in [1.54, 1.807) is 0 Å². The lowest BCUT2D eigenvalue weighted by molar-refractivity contribution is 0.657. The second-order valence-corrected chi connectivity index (χ2v) is 5.44. The Kier molecular flexibility index (Phi) is 9.84. The van der Waals surface area contributed by atoms with Gasteiger partial charge in [0.1, 0.15) is 5.82 Å². The fraction of sp³-hybridized carbons (Fsp3) is 0.526. The van der Waals surface area contributed by atoms with Gasteiger partial charge in [-0.15, -0.1) is 0 Å². The molecule has 0 N–H and O–H groups in total. The number of nitrogens with zero attached hydrogens (tertiary/aromatic N) is 2. The SMILES string of the molecule is CC.CC.Cc1nc(C(C)C)n(Cc2ccc(Cl)cc2)c1C. The van der Waals surface area contributed by atoms with E-state index in [1.807, 2.05) is 39.8 Å². The molecule has 0 aliphatic heterocycles. The van der Waals surface area contributed by atoms with Crippen molar-refractivity contribution in [1.29, 1.82) is 0 Å². The van der Waals surface area contributed by atoms with Crippen molar-refractivity contribution >= 4 is 11.6 Å². The zero-order chi connectivity index (χ0) is 17.3. The fourth-order valence-electron chi connectivity index (χ4n) is 2.09. The summed E-state index contributed by atoms with van der Waals surface area (Å²) in [6, 6.07) is 8.01. The Morgan fingerprint density at radius 2 is 1.50 bits per heavy atom. The smallest absolute Gasteiger partial charge is 0.112 e. The minimum absolute atomic E-state index is 0.435. The second kappa shape index (κ2) is 10.4. The number of hydrogen-bond donors (Lipinski definition) is 0. The fourth-order valence-corrected chi connectivity index (χ4v) is 2.22. The molecule has 0 spiro atoms. The van der Waals surface area contributed by atoms with E-state index in [0.29, 0.717) is 5.92 Å². The van der Waals surface area contributed by atoms with Crippen molar-refractivity contribution in [2.45, 2.75) is 67.9 Å². The molecular formula is C19H31ClN2. The van der Waals surface area contributed by atoms with Crippen LogP contribution < -0.4 is 0 Å². The molecule has 1 aromatic carbocycles.